The second-order valence-corrected chi connectivity index (χ2v) is 5.52. The monoisotopic (exact) mass is 358 g/mol. The first-order valence-corrected chi connectivity index (χ1v) is 8.08. The lowest BCUT2D eigenvalue weighted by Gasteiger charge is -2.10. The van der Waals surface area contributed by atoms with Crippen LogP contribution in [0.15, 0.2) is 42.5 Å². The van der Waals surface area contributed by atoms with Gasteiger partial charge in [-0.3, -0.25) is 9.59 Å². The molecule has 7 nitrogen and oxygen atoms in total. The van der Waals surface area contributed by atoms with Gasteiger partial charge in [0.25, 0.3) is 5.91 Å². The Kier molecular flexibility index (Phi) is 6.84. The van der Waals surface area contributed by atoms with Crippen LogP contribution in [0.1, 0.15) is 15.9 Å². The molecule has 0 radical (unpaired) electrons. The highest BCUT2D eigenvalue weighted by Crippen LogP contribution is 2.27. The zero-order valence-electron chi connectivity index (χ0n) is 14.7. The van der Waals surface area contributed by atoms with E-state index in [-0.39, 0.29) is 24.0 Å². The van der Waals surface area contributed by atoms with Crippen molar-refractivity contribution in [2.45, 2.75) is 6.42 Å². The molecule has 0 aliphatic rings. The van der Waals surface area contributed by atoms with Gasteiger partial charge in [-0.1, -0.05) is 6.07 Å². The van der Waals surface area contributed by atoms with Crippen LogP contribution in [0.25, 0.3) is 0 Å². The lowest BCUT2D eigenvalue weighted by Crippen LogP contribution is -2.35. The van der Waals surface area contributed by atoms with Gasteiger partial charge in [-0.05, 0) is 42.0 Å². The summed E-state index contributed by atoms with van der Waals surface area (Å²) in [6.45, 7) is 0.618. The SMILES string of the molecule is COc1ccc(CC(=O)NCCNC(=O)c2ccc(O)cc2)cc1OC. The average Bonchev–Trinajstić information content (AvgIpc) is 2.65. The van der Waals surface area contributed by atoms with Gasteiger partial charge < -0.3 is 25.2 Å². The summed E-state index contributed by atoms with van der Waals surface area (Å²) in [5.74, 6) is 0.854. The minimum Gasteiger partial charge on any atom is -0.508 e. The molecule has 0 heterocycles. The van der Waals surface area contributed by atoms with Gasteiger partial charge in [-0.2, -0.15) is 0 Å². The van der Waals surface area contributed by atoms with Crippen LogP contribution >= 0.6 is 0 Å². The molecule has 0 aromatic heterocycles. The molecule has 0 aliphatic carbocycles. The number of benzene rings is 2. The minimum atomic E-state index is -0.265. The Labute approximate surface area is 151 Å². The van der Waals surface area contributed by atoms with Crippen molar-refractivity contribution in [2.24, 2.45) is 0 Å². The van der Waals surface area contributed by atoms with E-state index in [4.69, 9.17) is 9.47 Å². The molecule has 0 atom stereocenters. The minimum absolute atomic E-state index is 0.101. The Morgan fingerprint density at radius 2 is 1.58 bits per heavy atom. The standard InChI is InChI=1S/C19H22N2O5/c1-25-16-8-3-13(11-17(16)26-2)12-18(23)20-9-10-21-19(24)14-4-6-15(22)7-5-14/h3-8,11,22H,9-10,12H2,1-2H3,(H,20,23)(H,21,24). The number of aromatic hydroxyl groups is 1. The predicted molar refractivity (Wildman–Crippen MR) is 96.7 cm³/mol. The summed E-state index contributed by atoms with van der Waals surface area (Å²) in [5, 5.41) is 14.6. The number of methoxy groups -OCH3 is 2. The Hall–Kier alpha value is -3.22. The first-order chi connectivity index (χ1) is 12.5. The topological polar surface area (TPSA) is 96.9 Å². The maximum atomic E-state index is 12.0. The fraction of sp³-hybridized carbons (Fsp3) is 0.263. The van der Waals surface area contributed by atoms with Gasteiger partial charge in [0, 0.05) is 18.7 Å². The fourth-order valence-corrected chi connectivity index (χ4v) is 2.33. The lowest BCUT2D eigenvalue weighted by molar-refractivity contribution is -0.120. The fourth-order valence-electron chi connectivity index (χ4n) is 2.33. The van der Waals surface area contributed by atoms with E-state index < -0.39 is 0 Å². The zero-order valence-corrected chi connectivity index (χ0v) is 14.7. The second kappa shape index (κ2) is 9.31. The van der Waals surface area contributed by atoms with Crippen LogP contribution < -0.4 is 20.1 Å². The molecule has 0 spiro atoms. The van der Waals surface area contributed by atoms with Crippen LogP contribution in [0.4, 0.5) is 0 Å². The molecule has 0 saturated carbocycles. The van der Waals surface area contributed by atoms with Gasteiger partial charge in [0.05, 0.1) is 20.6 Å². The van der Waals surface area contributed by atoms with Gasteiger partial charge in [-0.15, -0.1) is 0 Å². The molecular formula is C19H22N2O5. The summed E-state index contributed by atoms with van der Waals surface area (Å²) in [6.07, 6.45) is 0.201. The number of hydrogen-bond donors (Lipinski definition) is 3. The second-order valence-electron chi connectivity index (χ2n) is 5.52. The third kappa shape index (κ3) is 5.41. The number of nitrogens with one attached hydrogen (secondary N) is 2. The first kappa shape index (κ1) is 19.1. The van der Waals surface area contributed by atoms with Crippen LogP contribution in [0.3, 0.4) is 0 Å². The summed E-state index contributed by atoms with van der Waals surface area (Å²) in [7, 11) is 3.09. The molecule has 0 unspecified atom stereocenters. The summed E-state index contributed by atoms with van der Waals surface area (Å²) < 4.78 is 10.4. The molecular weight excluding hydrogens is 336 g/mol. The number of phenols is 1. The van der Waals surface area contributed by atoms with Crippen LogP contribution in [0.2, 0.25) is 0 Å². The number of hydrogen-bond acceptors (Lipinski definition) is 5. The normalized spacial score (nSPS) is 10.1. The highest BCUT2D eigenvalue weighted by atomic mass is 16.5. The number of carbonyl (C=O) groups excluding carboxylic acids is 2. The van der Waals surface area contributed by atoms with E-state index in [1.807, 2.05) is 0 Å². The van der Waals surface area contributed by atoms with Crippen molar-refractivity contribution in [1.82, 2.24) is 10.6 Å². The molecule has 0 fully saturated rings. The van der Waals surface area contributed by atoms with E-state index >= 15 is 0 Å². The van der Waals surface area contributed by atoms with Crippen molar-refractivity contribution >= 4 is 11.8 Å². The van der Waals surface area contributed by atoms with Gasteiger partial charge in [0.15, 0.2) is 11.5 Å². The molecule has 2 rings (SSSR count). The molecule has 2 aromatic rings. The third-order valence-electron chi connectivity index (χ3n) is 3.67. The Morgan fingerprint density at radius 1 is 0.923 bits per heavy atom. The predicted octanol–water partition coefficient (Wildman–Crippen LogP) is 1.50. The maximum Gasteiger partial charge on any atom is 0.251 e. The smallest absolute Gasteiger partial charge is 0.251 e. The van der Waals surface area contributed by atoms with Crippen LogP contribution in [-0.4, -0.2) is 44.2 Å². The van der Waals surface area contributed by atoms with E-state index in [0.717, 1.165) is 5.56 Å². The van der Waals surface area contributed by atoms with E-state index in [2.05, 4.69) is 10.6 Å². The maximum absolute atomic E-state index is 12.0. The van der Waals surface area contributed by atoms with Crippen molar-refractivity contribution < 1.29 is 24.2 Å². The summed E-state index contributed by atoms with van der Waals surface area (Å²) >= 11 is 0. The summed E-state index contributed by atoms with van der Waals surface area (Å²) in [4.78, 5) is 23.9. The molecule has 2 aromatic carbocycles. The van der Waals surface area contributed by atoms with Crippen molar-refractivity contribution in [2.75, 3.05) is 27.3 Å². The van der Waals surface area contributed by atoms with Gasteiger partial charge in [0.2, 0.25) is 5.91 Å². The Balaban J connectivity index is 1.75. The number of carbonyl (C=O) groups is 2. The Bertz CT molecular complexity index is 759. The van der Waals surface area contributed by atoms with Crippen LogP contribution in [0, 0.1) is 0 Å². The highest BCUT2D eigenvalue weighted by molar-refractivity contribution is 5.94. The van der Waals surface area contributed by atoms with Crippen LogP contribution in [-0.2, 0) is 11.2 Å². The molecule has 0 saturated heterocycles. The van der Waals surface area contributed by atoms with E-state index in [0.29, 0.717) is 30.2 Å². The number of ether oxygens (including phenoxy) is 2. The van der Waals surface area contributed by atoms with Crippen molar-refractivity contribution in [3.63, 3.8) is 0 Å². The Morgan fingerprint density at radius 3 is 2.23 bits per heavy atom. The molecule has 0 aliphatic heterocycles. The van der Waals surface area contributed by atoms with Gasteiger partial charge in [0.1, 0.15) is 5.75 Å². The molecule has 3 N–H and O–H groups in total. The van der Waals surface area contributed by atoms with Gasteiger partial charge in [-0.25, -0.2) is 0 Å². The van der Waals surface area contributed by atoms with Crippen molar-refractivity contribution in [1.29, 1.82) is 0 Å². The van der Waals surface area contributed by atoms with E-state index in [9.17, 15) is 14.7 Å². The number of rotatable bonds is 8. The van der Waals surface area contributed by atoms with Gasteiger partial charge >= 0.3 is 0 Å². The molecule has 7 heteroatoms. The van der Waals surface area contributed by atoms with E-state index in [1.54, 1.807) is 32.4 Å². The third-order valence-corrected chi connectivity index (χ3v) is 3.67. The van der Waals surface area contributed by atoms with Crippen molar-refractivity contribution in [3.05, 3.63) is 53.6 Å². The van der Waals surface area contributed by atoms with E-state index in [1.165, 1.54) is 24.3 Å². The molecule has 26 heavy (non-hydrogen) atoms. The molecule has 2 amide bonds. The quantitative estimate of drug-likeness (QED) is 0.622. The summed E-state index contributed by atoms with van der Waals surface area (Å²) in [5.41, 5.74) is 1.24. The zero-order chi connectivity index (χ0) is 18.9. The van der Waals surface area contributed by atoms with Crippen LogP contribution in [0.5, 0.6) is 17.2 Å². The number of phenolic OH excluding ortho intramolecular Hbond substituents is 1. The average molecular weight is 358 g/mol. The first-order valence-electron chi connectivity index (χ1n) is 8.08. The lowest BCUT2D eigenvalue weighted by atomic mass is 10.1. The summed E-state index contributed by atoms with van der Waals surface area (Å²) in [6, 6.07) is 11.2. The highest BCUT2D eigenvalue weighted by Gasteiger charge is 2.09. The van der Waals surface area contributed by atoms with Crippen molar-refractivity contribution in [3.8, 4) is 17.2 Å². The number of amides is 2. The largest absolute Gasteiger partial charge is 0.508 e. The molecule has 0 bridgehead atoms. The molecule has 138 valence electrons.